The minimum atomic E-state index is -0.488. The van der Waals surface area contributed by atoms with Crippen molar-refractivity contribution in [1.82, 2.24) is 19.6 Å². The van der Waals surface area contributed by atoms with Crippen LogP contribution in [0.3, 0.4) is 0 Å². The molecule has 2 heterocycles. The largest absolute Gasteiger partial charge is 0.470 e. The highest BCUT2D eigenvalue weighted by Gasteiger charge is 2.16. The first-order chi connectivity index (χ1) is 15.8. The lowest BCUT2D eigenvalue weighted by molar-refractivity contribution is 0.101. The number of aromatic nitrogens is 4. The molecule has 1 N–H and O–H groups in total. The van der Waals surface area contributed by atoms with Gasteiger partial charge in [0.2, 0.25) is 0 Å². The number of nitrogens with zero attached hydrogens (tertiary/aromatic N) is 4. The minimum absolute atomic E-state index is 0.0291. The summed E-state index contributed by atoms with van der Waals surface area (Å²) in [6.07, 6.45) is 3.16. The highest BCUT2D eigenvalue weighted by Crippen LogP contribution is 2.31. The van der Waals surface area contributed by atoms with E-state index in [4.69, 9.17) is 62.7 Å². The van der Waals surface area contributed by atoms with Crippen LogP contribution < -0.4 is 10.1 Å². The highest BCUT2D eigenvalue weighted by atomic mass is 35.5. The van der Waals surface area contributed by atoms with Crippen LogP contribution in [0.15, 0.2) is 54.9 Å². The molecule has 0 aliphatic carbocycles. The fourth-order valence-corrected chi connectivity index (χ4v) is 3.93. The van der Waals surface area contributed by atoms with Crippen molar-refractivity contribution in [3.63, 3.8) is 0 Å². The van der Waals surface area contributed by atoms with Gasteiger partial charge in [-0.25, -0.2) is 4.68 Å². The number of amides is 1. The van der Waals surface area contributed by atoms with Gasteiger partial charge in [0.1, 0.15) is 15.8 Å². The van der Waals surface area contributed by atoms with Crippen molar-refractivity contribution in [2.24, 2.45) is 0 Å². The van der Waals surface area contributed by atoms with Gasteiger partial charge in [0.15, 0.2) is 18.2 Å². The van der Waals surface area contributed by atoms with Crippen molar-refractivity contribution in [2.75, 3.05) is 5.32 Å². The van der Waals surface area contributed by atoms with Gasteiger partial charge in [0, 0.05) is 28.0 Å². The summed E-state index contributed by atoms with van der Waals surface area (Å²) in [5.41, 5.74) is 0.840. The van der Waals surface area contributed by atoms with Crippen LogP contribution in [0.5, 0.6) is 5.75 Å². The predicted molar refractivity (Wildman–Crippen MR) is 130 cm³/mol. The fraction of sp³-hybridized carbons (Fsp3) is 0.0952. The number of anilines is 1. The molecule has 0 atom stereocenters. The summed E-state index contributed by atoms with van der Waals surface area (Å²) in [6.45, 7) is 0.313. The molecule has 0 bridgehead atoms. The summed E-state index contributed by atoms with van der Waals surface area (Å²) in [6, 6.07) is 11.8. The standard InChI is InChI=1S/C21H14Cl5N5O2/c22-13-3-1-4-14(23)12(13)9-31-10-16(25)20(29-31)27-21(32)17-7-8-30(28-17)11-33-18-6-2-5-15(24)19(18)26/h1-8,10H,9,11H2,(H,27,29,32). The van der Waals surface area contributed by atoms with E-state index in [1.807, 2.05) is 0 Å². The van der Waals surface area contributed by atoms with Gasteiger partial charge in [-0.2, -0.15) is 10.2 Å². The van der Waals surface area contributed by atoms with Gasteiger partial charge in [-0.15, -0.1) is 0 Å². The van der Waals surface area contributed by atoms with Gasteiger partial charge in [-0.1, -0.05) is 70.1 Å². The van der Waals surface area contributed by atoms with E-state index >= 15 is 0 Å². The van der Waals surface area contributed by atoms with Gasteiger partial charge in [-0.05, 0) is 30.3 Å². The number of nitrogens with one attached hydrogen (secondary N) is 1. The maximum Gasteiger partial charge on any atom is 0.277 e. The number of benzene rings is 2. The van der Waals surface area contributed by atoms with E-state index in [0.717, 1.165) is 0 Å². The first kappa shape index (κ1) is 23.7. The van der Waals surface area contributed by atoms with Crippen LogP contribution in [-0.4, -0.2) is 25.5 Å². The second kappa shape index (κ2) is 10.2. The molecular formula is C21H14Cl5N5O2. The third-order valence-electron chi connectivity index (χ3n) is 4.47. The van der Waals surface area contributed by atoms with Crippen LogP contribution in [-0.2, 0) is 13.3 Å². The molecule has 0 saturated carbocycles. The van der Waals surface area contributed by atoms with E-state index in [1.165, 1.54) is 15.4 Å². The normalized spacial score (nSPS) is 10.9. The van der Waals surface area contributed by atoms with Crippen molar-refractivity contribution in [2.45, 2.75) is 13.3 Å². The predicted octanol–water partition coefficient (Wildman–Crippen LogP) is 6.68. The zero-order chi connectivity index (χ0) is 23.5. The van der Waals surface area contributed by atoms with E-state index < -0.39 is 5.91 Å². The van der Waals surface area contributed by atoms with Crippen molar-refractivity contribution >= 4 is 69.7 Å². The molecule has 0 saturated heterocycles. The Morgan fingerprint density at radius 3 is 2.33 bits per heavy atom. The number of carbonyl (C=O) groups excluding carboxylic acids is 1. The molecule has 12 heteroatoms. The Morgan fingerprint density at radius 2 is 1.58 bits per heavy atom. The first-order valence-electron chi connectivity index (χ1n) is 9.39. The Hall–Kier alpha value is -2.42. The van der Waals surface area contributed by atoms with Crippen LogP contribution >= 0.6 is 58.0 Å². The molecule has 7 nitrogen and oxygen atoms in total. The summed E-state index contributed by atoms with van der Waals surface area (Å²) in [7, 11) is 0. The van der Waals surface area contributed by atoms with E-state index in [0.29, 0.717) is 31.4 Å². The third-order valence-corrected chi connectivity index (χ3v) is 6.26. The monoisotopic (exact) mass is 543 g/mol. The molecule has 1 amide bonds. The average molecular weight is 546 g/mol. The molecule has 4 aromatic rings. The number of rotatable bonds is 7. The topological polar surface area (TPSA) is 74.0 Å². The molecule has 0 radical (unpaired) electrons. The first-order valence-corrected chi connectivity index (χ1v) is 11.3. The summed E-state index contributed by atoms with van der Waals surface area (Å²) in [5.74, 6) is 0.0976. The second-order valence-corrected chi connectivity index (χ2v) is 8.75. The van der Waals surface area contributed by atoms with E-state index in [9.17, 15) is 4.79 Å². The van der Waals surface area contributed by atoms with Crippen LogP contribution in [0.25, 0.3) is 0 Å². The van der Waals surface area contributed by atoms with Crippen LogP contribution in [0, 0.1) is 0 Å². The summed E-state index contributed by atoms with van der Waals surface area (Å²) >= 11 is 30.7. The van der Waals surface area contributed by atoms with Crippen LogP contribution in [0.2, 0.25) is 25.1 Å². The van der Waals surface area contributed by atoms with Gasteiger partial charge in [0.25, 0.3) is 5.91 Å². The molecule has 0 aliphatic rings. The lowest BCUT2D eigenvalue weighted by Crippen LogP contribution is -2.15. The van der Waals surface area contributed by atoms with Crippen molar-refractivity contribution in [1.29, 1.82) is 0 Å². The Labute approximate surface area is 213 Å². The lowest BCUT2D eigenvalue weighted by Gasteiger charge is -2.08. The van der Waals surface area contributed by atoms with Gasteiger partial charge in [-0.3, -0.25) is 9.48 Å². The number of halogens is 5. The Morgan fingerprint density at radius 1 is 0.879 bits per heavy atom. The molecule has 33 heavy (non-hydrogen) atoms. The molecule has 2 aromatic carbocycles. The molecule has 4 rings (SSSR count). The highest BCUT2D eigenvalue weighted by molar-refractivity contribution is 6.43. The fourth-order valence-electron chi connectivity index (χ4n) is 2.87. The van der Waals surface area contributed by atoms with Crippen molar-refractivity contribution in [3.8, 4) is 5.75 Å². The SMILES string of the molecule is O=C(Nc1nn(Cc2c(Cl)cccc2Cl)cc1Cl)c1ccn(COc2cccc(Cl)c2Cl)n1. The molecule has 0 spiro atoms. The summed E-state index contributed by atoms with van der Waals surface area (Å²) < 4.78 is 8.58. The van der Waals surface area contributed by atoms with Gasteiger partial charge >= 0.3 is 0 Å². The zero-order valence-electron chi connectivity index (χ0n) is 16.6. The van der Waals surface area contributed by atoms with Crippen LogP contribution in [0.4, 0.5) is 5.82 Å². The molecule has 0 fully saturated rings. The Bertz CT molecular complexity index is 1300. The van der Waals surface area contributed by atoms with Gasteiger partial charge < -0.3 is 10.1 Å². The van der Waals surface area contributed by atoms with Gasteiger partial charge in [0.05, 0.1) is 11.6 Å². The summed E-state index contributed by atoms with van der Waals surface area (Å²) in [5, 5.41) is 13.1. The Kier molecular flexibility index (Phi) is 7.36. The van der Waals surface area contributed by atoms with E-state index in [1.54, 1.807) is 48.8 Å². The molecular weight excluding hydrogens is 532 g/mol. The number of hydrogen-bond donors (Lipinski definition) is 1. The van der Waals surface area contributed by atoms with Crippen molar-refractivity contribution in [3.05, 3.63) is 91.2 Å². The van der Waals surface area contributed by atoms with E-state index in [-0.39, 0.29) is 29.8 Å². The molecule has 0 aliphatic heterocycles. The molecule has 170 valence electrons. The molecule has 2 aromatic heterocycles. The number of ether oxygens (including phenoxy) is 1. The maximum atomic E-state index is 12.6. The zero-order valence-corrected chi connectivity index (χ0v) is 20.4. The lowest BCUT2D eigenvalue weighted by atomic mass is 10.2. The third kappa shape index (κ3) is 5.57. The van der Waals surface area contributed by atoms with Crippen molar-refractivity contribution < 1.29 is 9.53 Å². The van der Waals surface area contributed by atoms with E-state index in [2.05, 4.69) is 15.5 Å². The minimum Gasteiger partial charge on any atom is -0.470 e. The second-order valence-electron chi connectivity index (χ2n) is 6.74. The quantitative estimate of drug-likeness (QED) is 0.281. The number of carbonyl (C=O) groups is 1. The Balaban J connectivity index is 1.41. The molecule has 0 unspecified atom stereocenters. The maximum absolute atomic E-state index is 12.6. The summed E-state index contributed by atoms with van der Waals surface area (Å²) in [4.78, 5) is 12.6. The smallest absolute Gasteiger partial charge is 0.277 e. The average Bonchev–Trinajstić information content (AvgIpc) is 3.39. The number of hydrogen-bond acceptors (Lipinski definition) is 4. The van der Waals surface area contributed by atoms with Crippen LogP contribution in [0.1, 0.15) is 16.1 Å².